The molecule has 0 radical (unpaired) electrons. The Hall–Kier alpha value is -1.07. The van der Waals surface area contributed by atoms with Crippen LogP contribution >= 0.6 is 0 Å². The average Bonchev–Trinajstić information content (AvgIpc) is 2.68. The minimum absolute atomic E-state index is 0.319. The summed E-state index contributed by atoms with van der Waals surface area (Å²) in [5.41, 5.74) is 7.30. The zero-order valence-electron chi connectivity index (χ0n) is 13.0. The van der Waals surface area contributed by atoms with E-state index in [1.807, 2.05) is 6.92 Å². The van der Waals surface area contributed by atoms with Gasteiger partial charge in [-0.15, -0.1) is 0 Å². The van der Waals surface area contributed by atoms with E-state index in [1.54, 1.807) is 22.5 Å². The standard InChI is InChI=1S/C16H26N2O2S/c1-3-5-14-6-4-10-18(11-9-14)21(19,20)15-8-7-13(2)16(17)12-15/h7-8,12,14H,3-6,9-11,17H2,1-2H3. The molecule has 1 aromatic rings. The van der Waals surface area contributed by atoms with E-state index in [0.717, 1.165) is 24.8 Å². The number of rotatable bonds is 4. The Morgan fingerprint density at radius 1 is 1.29 bits per heavy atom. The number of nitrogens with zero attached hydrogens (tertiary/aromatic N) is 1. The summed E-state index contributed by atoms with van der Waals surface area (Å²) in [4.78, 5) is 0.319. The lowest BCUT2D eigenvalue weighted by Gasteiger charge is -2.20. The maximum Gasteiger partial charge on any atom is 0.243 e. The number of aryl methyl sites for hydroxylation is 1. The van der Waals surface area contributed by atoms with Gasteiger partial charge in [0, 0.05) is 18.8 Å². The number of anilines is 1. The number of hydrogen-bond donors (Lipinski definition) is 1. The Morgan fingerprint density at radius 2 is 2.05 bits per heavy atom. The van der Waals surface area contributed by atoms with Crippen molar-refractivity contribution in [2.24, 2.45) is 5.92 Å². The third kappa shape index (κ3) is 3.77. The molecule has 0 saturated carbocycles. The molecule has 1 unspecified atom stereocenters. The zero-order chi connectivity index (χ0) is 15.5. The van der Waals surface area contributed by atoms with Crippen LogP contribution in [-0.2, 0) is 10.0 Å². The summed E-state index contributed by atoms with van der Waals surface area (Å²) in [6.45, 7) is 5.32. The summed E-state index contributed by atoms with van der Waals surface area (Å²) < 4.78 is 27.1. The van der Waals surface area contributed by atoms with Gasteiger partial charge in [0.1, 0.15) is 0 Å². The maximum atomic E-state index is 12.7. The first-order valence-electron chi connectivity index (χ1n) is 7.81. The van der Waals surface area contributed by atoms with Crippen molar-refractivity contribution in [1.82, 2.24) is 4.31 Å². The second-order valence-corrected chi connectivity index (χ2v) is 7.95. The van der Waals surface area contributed by atoms with Crippen LogP contribution in [0.15, 0.2) is 23.1 Å². The number of benzene rings is 1. The summed E-state index contributed by atoms with van der Waals surface area (Å²) in [7, 11) is -3.41. The van der Waals surface area contributed by atoms with Gasteiger partial charge in [-0.05, 0) is 49.8 Å². The van der Waals surface area contributed by atoms with Gasteiger partial charge in [0.25, 0.3) is 0 Å². The highest BCUT2D eigenvalue weighted by Gasteiger charge is 2.27. The number of sulfonamides is 1. The van der Waals surface area contributed by atoms with Gasteiger partial charge in [0.15, 0.2) is 0 Å². The Morgan fingerprint density at radius 3 is 2.71 bits per heavy atom. The Bertz CT molecular complexity index is 584. The van der Waals surface area contributed by atoms with E-state index in [4.69, 9.17) is 5.73 Å². The monoisotopic (exact) mass is 310 g/mol. The molecule has 1 fully saturated rings. The predicted octanol–water partition coefficient (Wildman–Crippen LogP) is 3.17. The molecule has 0 aliphatic carbocycles. The van der Waals surface area contributed by atoms with Crippen LogP contribution in [0.5, 0.6) is 0 Å². The second-order valence-electron chi connectivity index (χ2n) is 6.01. The molecule has 0 amide bonds. The van der Waals surface area contributed by atoms with Crippen LogP contribution < -0.4 is 5.73 Å². The molecule has 2 rings (SSSR count). The summed E-state index contributed by atoms with van der Waals surface area (Å²) in [5.74, 6) is 0.665. The smallest absolute Gasteiger partial charge is 0.243 e. The van der Waals surface area contributed by atoms with E-state index < -0.39 is 10.0 Å². The van der Waals surface area contributed by atoms with Crippen molar-refractivity contribution in [3.63, 3.8) is 0 Å². The number of nitrogens with two attached hydrogens (primary N) is 1. The van der Waals surface area contributed by atoms with Gasteiger partial charge < -0.3 is 5.73 Å². The van der Waals surface area contributed by atoms with Crippen LogP contribution in [0.2, 0.25) is 0 Å². The summed E-state index contributed by atoms with van der Waals surface area (Å²) in [5, 5.41) is 0. The molecule has 1 heterocycles. The van der Waals surface area contributed by atoms with Crippen molar-refractivity contribution in [2.45, 2.75) is 50.8 Å². The van der Waals surface area contributed by atoms with Gasteiger partial charge in [-0.2, -0.15) is 4.31 Å². The maximum absolute atomic E-state index is 12.7. The lowest BCUT2D eigenvalue weighted by molar-refractivity contribution is 0.400. The fourth-order valence-corrected chi connectivity index (χ4v) is 4.53. The SMILES string of the molecule is CCCC1CCCN(S(=O)(=O)c2ccc(C)c(N)c2)CC1. The summed E-state index contributed by atoms with van der Waals surface area (Å²) >= 11 is 0. The predicted molar refractivity (Wildman–Crippen MR) is 86.6 cm³/mol. The van der Waals surface area contributed by atoms with Gasteiger partial charge in [-0.1, -0.05) is 25.8 Å². The van der Waals surface area contributed by atoms with Gasteiger partial charge in [0.2, 0.25) is 10.0 Å². The highest BCUT2D eigenvalue weighted by Crippen LogP contribution is 2.27. The number of nitrogen functional groups attached to an aromatic ring is 1. The molecule has 0 aromatic heterocycles. The molecule has 1 aromatic carbocycles. The van der Waals surface area contributed by atoms with Crippen molar-refractivity contribution >= 4 is 15.7 Å². The normalized spacial score (nSPS) is 21.1. The van der Waals surface area contributed by atoms with Crippen LogP contribution in [0.25, 0.3) is 0 Å². The van der Waals surface area contributed by atoms with E-state index in [2.05, 4.69) is 6.92 Å². The highest BCUT2D eigenvalue weighted by molar-refractivity contribution is 7.89. The van der Waals surface area contributed by atoms with Gasteiger partial charge in [-0.25, -0.2) is 8.42 Å². The Labute approximate surface area is 128 Å². The van der Waals surface area contributed by atoms with Crippen molar-refractivity contribution < 1.29 is 8.42 Å². The molecule has 0 bridgehead atoms. The molecular weight excluding hydrogens is 284 g/mol. The molecular formula is C16H26N2O2S. The van der Waals surface area contributed by atoms with Crippen LogP contribution in [0.3, 0.4) is 0 Å². The van der Waals surface area contributed by atoms with Crippen molar-refractivity contribution in [2.75, 3.05) is 18.8 Å². The third-order valence-electron chi connectivity index (χ3n) is 4.39. The average molecular weight is 310 g/mol. The summed E-state index contributed by atoms with van der Waals surface area (Å²) in [6.07, 6.45) is 5.42. The van der Waals surface area contributed by atoms with E-state index in [0.29, 0.717) is 29.6 Å². The van der Waals surface area contributed by atoms with E-state index >= 15 is 0 Å². The molecule has 1 aliphatic rings. The van der Waals surface area contributed by atoms with E-state index in [9.17, 15) is 8.42 Å². The lowest BCUT2D eigenvalue weighted by Crippen LogP contribution is -2.32. The molecule has 4 nitrogen and oxygen atoms in total. The first-order valence-corrected chi connectivity index (χ1v) is 9.25. The van der Waals surface area contributed by atoms with E-state index in [-0.39, 0.29) is 0 Å². The number of hydrogen-bond acceptors (Lipinski definition) is 3. The van der Waals surface area contributed by atoms with Gasteiger partial charge >= 0.3 is 0 Å². The molecule has 21 heavy (non-hydrogen) atoms. The molecule has 118 valence electrons. The van der Waals surface area contributed by atoms with Gasteiger partial charge in [0.05, 0.1) is 4.90 Å². The summed E-state index contributed by atoms with van der Waals surface area (Å²) in [6, 6.07) is 5.02. The Balaban J connectivity index is 2.17. The first-order chi connectivity index (χ1) is 9.95. The van der Waals surface area contributed by atoms with Crippen molar-refractivity contribution in [3.8, 4) is 0 Å². The molecule has 1 aliphatic heterocycles. The van der Waals surface area contributed by atoms with Crippen LogP contribution in [0.1, 0.15) is 44.6 Å². The quantitative estimate of drug-likeness (QED) is 0.869. The molecule has 1 saturated heterocycles. The second kappa shape index (κ2) is 6.79. The van der Waals surface area contributed by atoms with Crippen LogP contribution in [-0.4, -0.2) is 25.8 Å². The first kappa shape index (κ1) is 16.3. The van der Waals surface area contributed by atoms with Crippen LogP contribution in [0.4, 0.5) is 5.69 Å². The lowest BCUT2D eigenvalue weighted by atomic mass is 9.96. The fourth-order valence-electron chi connectivity index (χ4n) is 3.00. The van der Waals surface area contributed by atoms with Crippen molar-refractivity contribution in [3.05, 3.63) is 23.8 Å². The molecule has 5 heteroatoms. The third-order valence-corrected chi connectivity index (χ3v) is 6.29. The topological polar surface area (TPSA) is 63.4 Å². The zero-order valence-corrected chi connectivity index (χ0v) is 13.8. The molecule has 0 spiro atoms. The largest absolute Gasteiger partial charge is 0.398 e. The molecule has 2 N–H and O–H groups in total. The van der Waals surface area contributed by atoms with Gasteiger partial charge in [-0.3, -0.25) is 0 Å². The molecule has 1 atom stereocenters. The minimum atomic E-state index is -3.41. The van der Waals surface area contributed by atoms with Crippen molar-refractivity contribution in [1.29, 1.82) is 0 Å². The fraction of sp³-hybridized carbons (Fsp3) is 0.625. The minimum Gasteiger partial charge on any atom is -0.398 e. The van der Waals surface area contributed by atoms with E-state index in [1.165, 1.54) is 12.8 Å². The highest BCUT2D eigenvalue weighted by atomic mass is 32.2. The Kier molecular flexibility index (Phi) is 5.27. The van der Waals surface area contributed by atoms with Crippen LogP contribution in [0, 0.1) is 12.8 Å².